The number of nitrogens with zero attached hydrogens (tertiary/aromatic N) is 4. The number of nitrogens with one attached hydrogen (secondary N) is 1. The molecule has 24 heavy (non-hydrogen) atoms. The second-order valence-electron chi connectivity index (χ2n) is 5.02. The van der Waals surface area contributed by atoms with E-state index in [9.17, 15) is 10.1 Å². The van der Waals surface area contributed by atoms with Gasteiger partial charge in [0.2, 0.25) is 5.82 Å². The zero-order valence-corrected chi connectivity index (χ0v) is 13.2. The number of nitro groups is 1. The number of aryl methyl sites for hydroxylation is 1. The average Bonchev–Trinajstić information content (AvgIpc) is 2.55. The van der Waals surface area contributed by atoms with Crippen LogP contribution in [0.3, 0.4) is 0 Å². The van der Waals surface area contributed by atoms with Crippen molar-refractivity contribution in [2.24, 2.45) is 0 Å². The van der Waals surface area contributed by atoms with E-state index in [4.69, 9.17) is 4.74 Å². The van der Waals surface area contributed by atoms with E-state index in [1.54, 1.807) is 6.92 Å². The molecule has 0 radical (unpaired) electrons. The van der Waals surface area contributed by atoms with Crippen LogP contribution in [0.1, 0.15) is 12.6 Å². The second-order valence-corrected chi connectivity index (χ2v) is 5.02. The Morgan fingerprint density at radius 1 is 1.25 bits per heavy atom. The van der Waals surface area contributed by atoms with Crippen molar-refractivity contribution >= 4 is 28.1 Å². The van der Waals surface area contributed by atoms with E-state index < -0.39 is 4.92 Å². The minimum Gasteiger partial charge on any atom is -0.473 e. The van der Waals surface area contributed by atoms with Gasteiger partial charge in [0.05, 0.1) is 17.0 Å². The van der Waals surface area contributed by atoms with Gasteiger partial charge < -0.3 is 10.1 Å². The summed E-state index contributed by atoms with van der Waals surface area (Å²) in [5.74, 6) is 0.0146. The van der Waals surface area contributed by atoms with Gasteiger partial charge in [-0.2, -0.15) is 4.98 Å². The van der Waals surface area contributed by atoms with Gasteiger partial charge in [-0.15, -0.1) is 0 Å². The molecule has 1 N–H and O–H groups in total. The van der Waals surface area contributed by atoms with Crippen molar-refractivity contribution in [3.05, 3.63) is 52.5 Å². The summed E-state index contributed by atoms with van der Waals surface area (Å²) >= 11 is 0. The van der Waals surface area contributed by atoms with Crippen LogP contribution >= 0.6 is 0 Å². The zero-order chi connectivity index (χ0) is 17.1. The van der Waals surface area contributed by atoms with Gasteiger partial charge >= 0.3 is 5.69 Å². The van der Waals surface area contributed by atoms with Gasteiger partial charge in [-0.25, -0.2) is 4.98 Å². The molecule has 0 fully saturated rings. The predicted octanol–water partition coefficient (Wildman–Crippen LogP) is 3.38. The summed E-state index contributed by atoms with van der Waals surface area (Å²) in [5.41, 5.74) is 2.06. The third kappa shape index (κ3) is 2.94. The first kappa shape index (κ1) is 15.6. The Labute approximate surface area is 137 Å². The van der Waals surface area contributed by atoms with Crippen LogP contribution in [0, 0.1) is 17.0 Å². The van der Waals surface area contributed by atoms with Crippen molar-refractivity contribution in [3.8, 4) is 5.88 Å². The lowest BCUT2D eigenvalue weighted by Gasteiger charge is -2.10. The topological polar surface area (TPSA) is 103 Å². The van der Waals surface area contributed by atoms with Crippen molar-refractivity contribution in [2.45, 2.75) is 13.8 Å². The third-order valence-corrected chi connectivity index (χ3v) is 3.38. The molecule has 0 spiro atoms. The highest BCUT2D eigenvalue weighted by Crippen LogP contribution is 2.34. The Hall–Kier alpha value is -3.29. The molecule has 2 heterocycles. The number of pyridine rings is 1. The van der Waals surface area contributed by atoms with E-state index in [0.717, 1.165) is 16.6 Å². The summed E-state index contributed by atoms with van der Waals surface area (Å²) in [6, 6.07) is 9.32. The summed E-state index contributed by atoms with van der Waals surface area (Å²) in [6.45, 7) is 3.91. The molecule has 8 heteroatoms. The van der Waals surface area contributed by atoms with Crippen LogP contribution in [0.15, 0.2) is 36.7 Å². The molecule has 2 aromatic heterocycles. The predicted molar refractivity (Wildman–Crippen MR) is 89.6 cm³/mol. The molecule has 8 nitrogen and oxygen atoms in total. The van der Waals surface area contributed by atoms with E-state index in [1.807, 2.05) is 37.3 Å². The average molecular weight is 325 g/mol. The molecular weight excluding hydrogens is 310 g/mol. The van der Waals surface area contributed by atoms with Crippen molar-refractivity contribution in [3.63, 3.8) is 0 Å². The van der Waals surface area contributed by atoms with Crippen LogP contribution < -0.4 is 10.1 Å². The van der Waals surface area contributed by atoms with Gasteiger partial charge in [-0.3, -0.25) is 15.1 Å². The van der Waals surface area contributed by atoms with E-state index in [-0.39, 0.29) is 24.0 Å². The molecule has 1 aromatic carbocycles. The Balaban J connectivity index is 2.09. The molecule has 0 aliphatic rings. The lowest BCUT2D eigenvalue weighted by molar-refractivity contribution is -0.385. The van der Waals surface area contributed by atoms with Gasteiger partial charge in [0.25, 0.3) is 5.88 Å². The number of ether oxygens (including phenoxy) is 1. The maximum absolute atomic E-state index is 11.4. The molecule has 3 rings (SSSR count). The van der Waals surface area contributed by atoms with E-state index in [2.05, 4.69) is 20.3 Å². The summed E-state index contributed by atoms with van der Waals surface area (Å²) in [6.07, 6.45) is 1.23. The van der Waals surface area contributed by atoms with E-state index in [0.29, 0.717) is 5.69 Å². The Morgan fingerprint density at radius 2 is 2.08 bits per heavy atom. The fraction of sp³-hybridized carbons (Fsp3) is 0.188. The van der Waals surface area contributed by atoms with Crippen LogP contribution in [-0.2, 0) is 0 Å². The number of fused-ring (bicyclic) bond motifs is 1. The first-order valence-corrected chi connectivity index (χ1v) is 7.35. The standard InChI is InChI=1S/C16H15N5O3/c1-3-24-16-14(21(22)23)15(17-9-18-16)20-13-6-4-5-12-11(13)8-7-10(2)19-12/h4-9H,3H2,1-2H3,(H,17,18,20). The molecule has 0 aliphatic heterocycles. The molecule has 0 aliphatic carbocycles. The van der Waals surface area contributed by atoms with Crippen LogP contribution in [0.25, 0.3) is 10.9 Å². The maximum atomic E-state index is 11.4. The number of benzene rings is 1. The molecule has 0 bridgehead atoms. The molecular formula is C16H15N5O3. The molecule has 0 amide bonds. The number of hydrogen-bond acceptors (Lipinski definition) is 7. The zero-order valence-electron chi connectivity index (χ0n) is 13.2. The molecule has 122 valence electrons. The lowest BCUT2D eigenvalue weighted by Crippen LogP contribution is -2.05. The van der Waals surface area contributed by atoms with Crippen LogP contribution in [-0.4, -0.2) is 26.5 Å². The van der Waals surface area contributed by atoms with Crippen molar-refractivity contribution in [1.82, 2.24) is 15.0 Å². The fourth-order valence-electron chi connectivity index (χ4n) is 2.35. The number of anilines is 2. The van der Waals surface area contributed by atoms with Crippen molar-refractivity contribution in [1.29, 1.82) is 0 Å². The van der Waals surface area contributed by atoms with Gasteiger partial charge in [0.1, 0.15) is 6.33 Å². The largest absolute Gasteiger partial charge is 0.473 e. The number of hydrogen-bond donors (Lipinski definition) is 1. The van der Waals surface area contributed by atoms with Gasteiger partial charge in [0, 0.05) is 16.8 Å². The third-order valence-electron chi connectivity index (χ3n) is 3.38. The monoisotopic (exact) mass is 325 g/mol. The Morgan fingerprint density at radius 3 is 2.83 bits per heavy atom. The Kier molecular flexibility index (Phi) is 4.19. The van der Waals surface area contributed by atoms with Gasteiger partial charge in [0.15, 0.2) is 0 Å². The summed E-state index contributed by atoms with van der Waals surface area (Å²) in [4.78, 5) is 23.1. The SMILES string of the molecule is CCOc1ncnc(Nc2cccc3nc(C)ccc23)c1[N+](=O)[O-]. The van der Waals surface area contributed by atoms with E-state index in [1.165, 1.54) is 6.33 Å². The highest BCUT2D eigenvalue weighted by Gasteiger charge is 2.24. The maximum Gasteiger partial charge on any atom is 0.373 e. The summed E-state index contributed by atoms with van der Waals surface area (Å²) in [5, 5.41) is 15.3. The van der Waals surface area contributed by atoms with Crippen LogP contribution in [0.2, 0.25) is 0 Å². The first-order valence-electron chi connectivity index (χ1n) is 7.35. The Bertz CT molecular complexity index is 913. The molecule has 0 atom stereocenters. The normalized spacial score (nSPS) is 10.6. The lowest BCUT2D eigenvalue weighted by atomic mass is 10.1. The number of rotatable bonds is 5. The highest BCUT2D eigenvalue weighted by molar-refractivity contribution is 5.93. The smallest absolute Gasteiger partial charge is 0.373 e. The van der Waals surface area contributed by atoms with Crippen LogP contribution in [0.5, 0.6) is 5.88 Å². The molecule has 0 saturated carbocycles. The van der Waals surface area contributed by atoms with E-state index >= 15 is 0 Å². The molecule has 0 unspecified atom stereocenters. The quantitative estimate of drug-likeness (QED) is 0.566. The highest BCUT2D eigenvalue weighted by atomic mass is 16.6. The molecule has 3 aromatic rings. The summed E-state index contributed by atoms with van der Waals surface area (Å²) < 4.78 is 5.23. The van der Waals surface area contributed by atoms with Crippen molar-refractivity contribution in [2.75, 3.05) is 11.9 Å². The summed E-state index contributed by atoms with van der Waals surface area (Å²) in [7, 11) is 0. The minimum atomic E-state index is -0.555. The first-order chi connectivity index (χ1) is 11.6. The number of aromatic nitrogens is 3. The van der Waals surface area contributed by atoms with Crippen LogP contribution in [0.4, 0.5) is 17.2 Å². The fourth-order valence-corrected chi connectivity index (χ4v) is 2.35. The minimum absolute atomic E-state index is 0.0609. The van der Waals surface area contributed by atoms with Crippen molar-refractivity contribution < 1.29 is 9.66 Å². The second kappa shape index (κ2) is 6.45. The van der Waals surface area contributed by atoms with Gasteiger partial charge in [-0.05, 0) is 38.1 Å². The molecule has 0 saturated heterocycles. The van der Waals surface area contributed by atoms with Gasteiger partial charge in [-0.1, -0.05) is 6.07 Å².